The first-order chi connectivity index (χ1) is 11.0. The van der Waals surface area contributed by atoms with Crippen molar-refractivity contribution in [2.75, 3.05) is 31.1 Å². The highest BCUT2D eigenvalue weighted by Gasteiger charge is 2.20. The molecule has 2 aromatic rings. The normalized spacial score (nSPS) is 16.6. The van der Waals surface area contributed by atoms with Crippen molar-refractivity contribution in [1.82, 2.24) is 20.1 Å². The van der Waals surface area contributed by atoms with E-state index in [1.54, 1.807) is 0 Å². The SMILES string of the molecule is CC(C)(C)c1ccc(N2CCN(Cc3cccnc3)CC2)nn1. The Bertz CT molecular complexity index is 610. The lowest BCUT2D eigenvalue weighted by Gasteiger charge is -2.35. The van der Waals surface area contributed by atoms with Gasteiger partial charge in [-0.05, 0) is 23.8 Å². The Hall–Kier alpha value is -2.01. The monoisotopic (exact) mass is 311 g/mol. The molecule has 0 aromatic carbocycles. The van der Waals surface area contributed by atoms with Gasteiger partial charge in [0.15, 0.2) is 5.82 Å². The predicted octanol–water partition coefficient (Wildman–Crippen LogP) is 2.49. The van der Waals surface area contributed by atoms with E-state index in [9.17, 15) is 0 Å². The fraction of sp³-hybridized carbons (Fsp3) is 0.500. The highest BCUT2D eigenvalue weighted by Crippen LogP contribution is 2.21. The van der Waals surface area contributed by atoms with E-state index in [1.807, 2.05) is 18.5 Å². The average molecular weight is 311 g/mol. The molecule has 0 unspecified atom stereocenters. The van der Waals surface area contributed by atoms with E-state index >= 15 is 0 Å². The van der Waals surface area contributed by atoms with Crippen molar-refractivity contribution < 1.29 is 0 Å². The minimum Gasteiger partial charge on any atom is -0.353 e. The molecule has 0 spiro atoms. The van der Waals surface area contributed by atoms with E-state index in [0.717, 1.165) is 44.2 Å². The molecule has 23 heavy (non-hydrogen) atoms. The topological polar surface area (TPSA) is 45.2 Å². The summed E-state index contributed by atoms with van der Waals surface area (Å²) in [5.74, 6) is 0.985. The summed E-state index contributed by atoms with van der Waals surface area (Å²) in [6.45, 7) is 11.5. The van der Waals surface area contributed by atoms with Crippen molar-refractivity contribution in [2.24, 2.45) is 0 Å². The molecule has 1 saturated heterocycles. The molecule has 0 aliphatic carbocycles. The fourth-order valence-electron chi connectivity index (χ4n) is 2.78. The van der Waals surface area contributed by atoms with E-state index in [0.29, 0.717) is 0 Å². The van der Waals surface area contributed by atoms with Gasteiger partial charge < -0.3 is 4.90 Å². The molecule has 0 N–H and O–H groups in total. The van der Waals surface area contributed by atoms with E-state index < -0.39 is 0 Å². The number of aromatic nitrogens is 3. The summed E-state index contributed by atoms with van der Waals surface area (Å²) >= 11 is 0. The molecule has 122 valence electrons. The van der Waals surface area contributed by atoms with Gasteiger partial charge in [0.2, 0.25) is 0 Å². The Balaban J connectivity index is 1.56. The summed E-state index contributed by atoms with van der Waals surface area (Å²) < 4.78 is 0. The second-order valence-electron chi connectivity index (χ2n) is 7.15. The first kappa shape index (κ1) is 15.9. The number of hydrogen-bond donors (Lipinski definition) is 0. The zero-order valence-corrected chi connectivity index (χ0v) is 14.2. The van der Waals surface area contributed by atoms with E-state index in [2.05, 4.69) is 64.0 Å². The van der Waals surface area contributed by atoms with Crippen molar-refractivity contribution in [1.29, 1.82) is 0 Å². The summed E-state index contributed by atoms with van der Waals surface area (Å²) in [5, 5.41) is 8.82. The largest absolute Gasteiger partial charge is 0.353 e. The van der Waals surface area contributed by atoms with Crippen LogP contribution >= 0.6 is 0 Å². The molecule has 0 radical (unpaired) electrons. The second-order valence-corrected chi connectivity index (χ2v) is 7.15. The van der Waals surface area contributed by atoms with E-state index in [4.69, 9.17) is 0 Å². The van der Waals surface area contributed by atoms with Gasteiger partial charge in [0.25, 0.3) is 0 Å². The standard InChI is InChI=1S/C18H25N5/c1-18(2,3)16-6-7-17(21-20-16)23-11-9-22(10-12-23)14-15-5-4-8-19-13-15/h4-8,13H,9-12,14H2,1-3H3. The van der Waals surface area contributed by atoms with Gasteiger partial charge in [-0.3, -0.25) is 9.88 Å². The van der Waals surface area contributed by atoms with Gasteiger partial charge in [-0.25, -0.2) is 0 Å². The summed E-state index contributed by atoms with van der Waals surface area (Å²) in [6.07, 6.45) is 3.77. The molecular formula is C18H25N5. The van der Waals surface area contributed by atoms with Gasteiger partial charge in [0, 0.05) is 50.5 Å². The summed E-state index contributed by atoms with van der Waals surface area (Å²) in [4.78, 5) is 8.97. The van der Waals surface area contributed by atoms with Gasteiger partial charge in [-0.2, -0.15) is 5.10 Å². The molecule has 5 heteroatoms. The first-order valence-electron chi connectivity index (χ1n) is 8.23. The van der Waals surface area contributed by atoms with Crippen LogP contribution in [0, 0.1) is 0 Å². The molecule has 1 aliphatic heterocycles. The van der Waals surface area contributed by atoms with Crippen molar-refractivity contribution in [3.63, 3.8) is 0 Å². The molecule has 5 nitrogen and oxygen atoms in total. The van der Waals surface area contributed by atoms with Gasteiger partial charge in [0.1, 0.15) is 0 Å². The van der Waals surface area contributed by atoms with Crippen LogP contribution < -0.4 is 4.90 Å². The highest BCUT2D eigenvalue weighted by atomic mass is 15.3. The van der Waals surface area contributed by atoms with Crippen LogP contribution in [0.25, 0.3) is 0 Å². The summed E-state index contributed by atoms with van der Waals surface area (Å²) in [5.41, 5.74) is 2.36. The predicted molar refractivity (Wildman–Crippen MR) is 92.5 cm³/mol. The maximum absolute atomic E-state index is 4.43. The zero-order valence-electron chi connectivity index (χ0n) is 14.2. The number of nitrogens with zero attached hydrogens (tertiary/aromatic N) is 5. The van der Waals surface area contributed by atoms with Crippen LogP contribution in [0.2, 0.25) is 0 Å². The molecule has 0 bridgehead atoms. The third-order valence-electron chi connectivity index (χ3n) is 4.24. The summed E-state index contributed by atoms with van der Waals surface area (Å²) in [7, 11) is 0. The van der Waals surface area contributed by atoms with Crippen LogP contribution in [0.5, 0.6) is 0 Å². The first-order valence-corrected chi connectivity index (χ1v) is 8.23. The molecular weight excluding hydrogens is 286 g/mol. The number of hydrogen-bond acceptors (Lipinski definition) is 5. The van der Waals surface area contributed by atoms with E-state index in [-0.39, 0.29) is 5.41 Å². The highest BCUT2D eigenvalue weighted by molar-refractivity contribution is 5.38. The lowest BCUT2D eigenvalue weighted by Crippen LogP contribution is -2.46. The van der Waals surface area contributed by atoms with Gasteiger partial charge in [-0.1, -0.05) is 26.8 Å². The third kappa shape index (κ3) is 4.05. The zero-order chi connectivity index (χ0) is 16.3. The van der Waals surface area contributed by atoms with Crippen LogP contribution in [-0.4, -0.2) is 46.3 Å². The second kappa shape index (κ2) is 6.62. The van der Waals surface area contributed by atoms with Crippen molar-refractivity contribution in [2.45, 2.75) is 32.7 Å². The maximum atomic E-state index is 4.43. The van der Waals surface area contributed by atoms with Crippen LogP contribution in [0.4, 0.5) is 5.82 Å². The third-order valence-corrected chi connectivity index (χ3v) is 4.24. The van der Waals surface area contributed by atoms with Gasteiger partial charge in [0.05, 0.1) is 5.69 Å². The molecule has 3 heterocycles. The molecule has 0 atom stereocenters. The Morgan fingerprint density at radius 1 is 1.00 bits per heavy atom. The van der Waals surface area contributed by atoms with Crippen molar-refractivity contribution >= 4 is 5.82 Å². The minimum atomic E-state index is 0.0496. The Morgan fingerprint density at radius 3 is 2.35 bits per heavy atom. The van der Waals surface area contributed by atoms with Crippen LogP contribution in [-0.2, 0) is 12.0 Å². The van der Waals surface area contributed by atoms with Crippen LogP contribution in [0.15, 0.2) is 36.7 Å². The lowest BCUT2D eigenvalue weighted by atomic mass is 9.92. The number of pyridine rings is 1. The van der Waals surface area contributed by atoms with Crippen molar-refractivity contribution in [3.8, 4) is 0 Å². The Morgan fingerprint density at radius 2 is 1.78 bits per heavy atom. The van der Waals surface area contributed by atoms with Gasteiger partial charge >= 0.3 is 0 Å². The molecule has 1 aliphatic rings. The lowest BCUT2D eigenvalue weighted by molar-refractivity contribution is 0.249. The fourth-order valence-corrected chi connectivity index (χ4v) is 2.78. The summed E-state index contributed by atoms with van der Waals surface area (Å²) in [6, 6.07) is 8.34. The number of anilines is 1. The molecule has 3 rings (SSSR count). The Labute approximate surface area is 138 Å². The molecule has 0 amide bonds. The van der Waals surface area contributed by atoms with Crippen molar-refractivity contribution in [3.05, 3.63) is 47.9 Å². The quantitative estimate of drug-likeness (QED) is 0.871. The maximum Gasteiger partial charge on any atom is 0.151 e. The van der Waals surface area contributed by atoms with Crippen LogP contribution in [0.1, 0.15) is 32.0 Å². The molecule has 1 fully saturated rings. The van der Waals surface area contributed by atoms with Crippen LogP contribution in [0.3, 0.4) is 0 Å². The molecule has 0 saturated carbocycles. The number of rotatable bonds is 3. The number of piperazine rings is 1. The Kier molecular flexibility index (Phi) is 4.57. The molecule has 2 aromatic heterocycles. The van der Waals surface area contributed by atoms with Gasteiger partial charge in [-0.15, -0.1) is 5.10 Å². The van der Waals surface area contributed by atoms with E-state index in [1.165, 1.54) is 5.56 Å². The smallest absolute Gasteiger partial charge is 0.151 e. The minimum absolute atomic E-state index is 0.0496. The average Bonchev–Trinajstić information content (AvgIpc) is 2.56.